The number of fused-ring (bicyclic) bond motifs is 2. The van der Waals surface area contributed by atoms with Gasteiger partial charge in [-0.25, -0.2) is 9.97 Å². The Morgan fingerprint density at radius 1 is 1.18 bits per heavy atom. The number of amides is 2. The first-order valence-electron chi connectivity index (χ1n) is 13.7. The summed E-state index contributed by atoms with van der Waals surface area (Å²) >= 11 is 0.758. The van der Waals surface area contributed by atoms with Gasteiger partial charge in [0.25, 0.3) is 11.8 Å². The fourth-order valence-corrected chi connectivity index (χ4v) is 6.94. The number of nitrogens with one attached hydrogen (secondary N) is 2. The predicted molar refractivity (Wildman–Crippen MR) is 140 cm³/mol. The fourth-order valence-electron chi connectivity index (χ4n) is 5.94. The minimum Gasteiger partial charge on any atom is -0.388 e. The van der Waals surface area contributed by atoms with E-state index in [9.17, 15) is 27.9 Å². The van der Waals surface area contributed by atoms with E-state index in [1.807, 2.05) is 6.92 Å². The maximum Gasteiger partial charge on any atom is 0.417 e. The van der Waals surface area contributed by atoms with Crippen LogP contribution in [0.5, 0.6) is 0 Å². The molecule has 4 fully saturated rings. The fraction of sp³-hybridized carbons (Fsp3) is 0.630. The van der Waals surface area contributed by atoms with Gasteiger partial charge in [0.1, 0.15) is 11.5 Å². The van der Waals surface area contributed by atoms with Crippen LogP contribution in [0, 0.1) is 5.92 Å². The van der Waals surface area contributed by atoms with E-state index in [-0.39, 0.29) is 51.6 Å². The standard InChI is InChI=1S/C27H32F3N5O3S/c1-2-19(14-3-4-14)33-20-11-18(27(28,29)30)17(12-31-20)22-21(25(37)35-15-5-6-16(35)8-7-15)34-24(39-22)23(36)32-13-26(38)9-10-26/h11-12,14-16,19,38H,2-10,13H2,1H3,(H,31,33)(H,32,36)/t15?,16?,19-/m0/s1. The van der Waals surface area contributed by atoms with Crippen molar-refractivity contribution >= 4 is 29.0 Å². The van der Waals surface area contributed by atoms with Gasteiger partial charge >= 0.3 is 6.18 Å². The van der Waals surface area contributed by atoms with Crippen molar-refractivity contribution in [2.75, 3.05) is 11.9 Å². The van der Waals surface area contributed by atoms with Crippen LogP contribution in [-0.2, 0) is 6.18 Å². The van der Waals surface area contributed by atoms with Crippen molar-refractivity contribution in [2.45, 2.75) is 94.6 Å². The summed E-state index contributed by atoms with van der Waals surface area (Å²) < 4.78 is 43.3. The van der Waals surface area contributed by atoms with E-state index < -0.39 is 29.2 Å². The lowest BCUT2D eigenvalue weighted by Gasteiger charge is -2.22. The molecule has 2 aromatic rings. The van der Waals surface area contributed by atoms with E-state index in [1.54, 1.807) is 4.90 Å². The summed E-state index contributed by atoms with van der Waals surface area (Å²) in [7, 11) is 0. The van der Waals surface area contributed by atoms with Crippen molar-refractivity contribution in [3.8, 4) is 10.4 Å². The van der Waals surface area contributed by atoms with Crippen molar-refractivity contribution in [1.82, 2.24) is 20.2 Å². The highest BCUT2D eigenvalue weighted by atomic mass is 32.1. The highest BCUT2D eigenvalue weighted by molar-refractivity contribution is 7.17. The van der Waals surface area contributed by atoms with Crippen LogP contribution in [0.15, 0.2) is 12.3 Å². The molecule has 2 saturated carbocycles. The third-order valence-electron chi connectivity index (χ3n) is 8.53. The Labute approximate surface area is 228 Å². The number of anilines is 1. The van der Waals surface area contributed by atoms with Gasteiger partial charge in [-0.15, -0.1) is 11.3 Å². The summed E-state index contributed by atoms with van der Waals surface area (Å²) in [6.07, 6.45) is 3.85. The van der Waals surface area contributed by atoms with Gasteiger partial charge < -0.3 is 20.6 Å². The summed E-state index contributed by atoms with van der Waals surface area (Å²) in [5.74, 6) is -0.501. The monoisotopic (exact) mass is 563 g/mol. The number of thiazole rings is 1. The Balaban J connectivity index is 1.38. The number of nitrogens with zero attached hydrogens (tertiary/aromatic N) is 3. The first-order chi connectivity index (χ1) is 18.6. The third-order valence-corrected chi connectivity index (χ3v) is 9.62. The number of halogens is 3. The molecular weight excluding hydrogens is 531 g/mol. The van der Waals surface area contributed by atoms with Crippen molar-refractivity contribution in [2.24, 2.45) is 5.92 Å². The van der Waals surface area contributed by atoms with Crippen molar-refractivity contribution in [1.29, 1.82) is 0 Å². The second-order valence-electron chi connectivity index (χ2n) is 11.4. The highest BCUT2D eigenvalue weighted by Gasteiger charge is 2.45. The zero-order valence-corrected chi connectivity index (χ0v) is 22.5. The molecule has 2 amide bonds. The molecule has 0 unspecified atom stereocenters. The van der Waals surface area contributed by atoms with Crippen LogP contribution in [0.2, 0.25) is 0 Å². The predicted octanol–water partition coefficient (Wildman–Crippen LogP) is 4.85. The van der Waals surface area contributed by atoms with Crippen molar-refractivity contribution in [3.05, 3.63) is 28.5 Å². The number of aromatic nitrogens is 2. The van der Waals surface area contributed by atoms with Crippen LogP contribution in [0.4, 0.5) is 19.0 Å². The van der Waals surface area contributed by atoms with E-state index >= 15 is 0 Å². The van der Waals surface area contributed by atoms with Crippen molar-refractivity contribution in [3.63, 3.8) is 0 Å². The lowest BCUT2D eigenvalue weighted by Crippen LogP contribution is -2.36. The molecule has 2 aromatic heterocycles. The Morgan fingerprint density at radius 2 is 1.85 bits per heavy atom. The topological polar surface area (TPSA) is 107 Å². The molecule has 2 aliphatic heterocycles. The summed E-state index contributed by atoms with van der Waals surface area (Å²) in [5.41, 5.74) is -2.28. The summed E-state index contributed by atoms with van der Waals surface area (Å²) in [5, 5.41) is 15.8. The van der Waals surface area contributed by atoms with Gasteiger partial charge in [-0.1, -0.05) is 6.92 Å². The molecule has 2 saturated heterocycles. The number of alkyl halides is 3. The first-order valence-corrected chi connectivity index (χ1v) is 14.6. The Hall–Kier alpha value is -2.73. The number of rotatable bonds is 9. The van der Waals surface area contributed by atoms with Gasteiger partial charge in [-0.2, -0.15) is 13.2 Å². The van der Waals surface area contributed by atoms with E-state index in [0.717, 1.165) is 68.5 Å². The van der Waals surface area contributed by atoms with Gasteiger partial charge in [0.05, 0.1) is 16.0 Å². The highest BCUT2D eigenvalue weighted by Crippen LogP contribution is 2.44. The maximum atomic E-state index is 14.4. The molecule has 39 heavy (non-hydrogen) atoms. The van der Waals surface area contributed by atoms with Gasteiger partial charge in [-0.3, -0.25) is 9.59 Å². The molecule has 6 rings (SSSR count). The lowest BCUT2D eigenvalue weighted by molar-refractivity contribution is -0.137. The minimum absolute atomic E-state index is 0.0119. The number of aliphatic hydroxyl groups is 1. The van der Waals surface area contributed by atoms with E-state index in [1.165, 1.54) is 0 Å². The second-order valence-corrected chi connectivity index (χ2v) is 12.4. The summed E-state index contributed by atoms with van der Waals surface area (Å²) in [4.78, 5) is 37.0. The quantitative estimate of drug-likeness (QED) is 0.403. The Kier molecular flexibility index (Phi) is 6.60. The molecule has 2 bridgehead atoms. The Morgan fingerprint density at radius 3 is 2.41 bits per heavy atom. The van der Waals surface area contributed by atoms with Crippen LogP contribution in [0.25, 0.3) is 10.4 Å². The van der Waals surface area contributed by atoms with Crippen molar-refractivity contribution < 1.29 is 27.9 Å². The molecule has 2 aliphatic carbocycles. The molecule has 0 spiro atoms. The molecule has 1 atom stereocenters. The van der Waals surface area contributed by atoms with E-state index in [4.69, 9.17) is 0 Å². The number of carbonyl (C=O) groups excluding carboxylic acids is 2. The van der Waals surface area contributed by atoms with E-state index in [0.29, 0.717) is 18.8 Å². The normalized spacial score (nSPS) is 24.1. The minimum atomic E-state index is -4.72. The molecule has 12 heteroatoms. The van der Waals surface area contributed by atoms with Gasteiger partial charge in [0, 0.05) is 36.4 Å². The smallest absolute Gasteiger partial charge is 0.388 e. The zero-order chi connectivity index (χ0) is 27.5. The molecule has 4 heterocycles. The summed E-state index contributed by atoms with van der Waals surface area (Å²) in [6.45, 7) is 2.01. The molecule has 3 N–H and O–H groups in total. The van der Waals surface area contributed by atoms with Crippen LogP contribution in [0.1, 0.15) is 90.6 Å². The van der Waals surface area contributed by atoms with Gasteiger partial charge in [0.15, 0.2) is 5.01 Å². The van der Waals surface area contributed by atoms with Crippen LogP contribution >= 0.6 is 11.3 Å². The molecule has 0 radical (unpaired) electrons. The number of hydrogen-bond acceptors (Lipinski definition) is 7. The van der Waals surface area contributed by atoms with Crippen LogP contribution in [-0.4, -0.2) is 62.1 Å². The van der Waals surface area contributed by atoms with Gasteiger partial charge in [0.2, 0.25) is 0 Å². The van der Waals surface area contributed by atoms with E-state index in [2.05, 4.69) is 20.6 Å². The number of pyridine rings is 1. The average molecular weight is 564 g/mol. The number of carbonyl (C=O) groups is 2. The number of hydrogen-bond donors (Lipinski definition) is 3. The summed E-state index contributed by atoms with van der Waals surface area (Å²) in [6, 6.07) is 1.13. The van der Waals surface area contributed by atoms with Crippen LogP contribution in [0.3, 0.4) is 0 Å². The largest absolute Gasteiger partial charge is 0.417 e. The van der Waals surface area contributed by atoms with Gasteiger partial charge in [-0.05, 0) is 69.8 Å². The molecular formula is C27H32F3N5O3S. The second kappa shape index (κ2) is 9.72. The zero-order valence-electron chi connectivity index (χ0n) is 21.7. The lowest BCUT2D eigenvalue weighted by atomic mass is 10.0. The first kappa shape index (κ1) is 26.5. The molecule has 210 valence electrons. The molecule has 8 nitrogen and oxygen atoms in total. The SMILES string of the molecule is CC[C@H](Nc1cc(C(F)(F)F)c(-c2sc(C(=O)NCC3(O)CC3)nc2C(=O)N2C3CCC2CC3)cn1)C1CC1. The average Bonchev–Trinajstić information content (AvgIpc) is 3.76. The molecule has 4 aliphatic rings. The molecule has 0 aromatic carbocycles. The van der Waals surface area contributed by atoms with Crippen LogP contribution < -0.4 is 10.6 Å². The third kappa shape index (κ3) is 5.25. The maximum absolute atomic E-state index is 14.4. The Bertz CT molecular complexity index is 1270.